The normalized spacial score (nSPS) is 18.4. The molecular weight excluding hydrogens is 364 g/mol. The highest BCUT2D eigenvalue weighted by molar-refractivity contribution is 9.11. The molecule has 1 aliphatic heterocycles. The Bertz CT molecular complexity index is 459. The molecule has 0 bridgehead atoms. The zero-order chi connectivity index (χ0) is 13.2. The molecule has 3 N–H and O–H groups in total. The predicted octanol–water partition coefficient (Wildman–Crippen LogP) is 2.66. The molecule has 0 aliphatic carbocycles. The summed E-state index contributed by atoms with van der Waals surface area (Å²) in [5.74, 6) is -0.158. The van der Waals surface area contributed by atoms with Gasteiger partial charge in [0, 0.05) is 22.2 Å². The lowest BCUT2D eigenvalue weighted by molar-refractivity contribution is -0.124. The molecule has 1 saturated heterocycles. The van der Waals surface area contributed by atoms with E-state index in [1.54, 1.807) is 0 Å². The van der Waals surface area contributed by atoms with Gasteiger partial charge in [-0.2, -0.15) is 0 Å². The smallest absolute Gasteiger partial charge is 0.244 e. The van der Waals surface area contributed by atoms with E-state index < -0.39 is 5.54 Å². The van der Waals surface area contributed by atoms with Crippen LogP contribution in [-0.4, -0.2) is 24.7 Å². The molecule has 0 aromatic heterocycles. The summed E-state index contributed by atoms with van der Waals surface area (Å²) in [5.41, 5.74) is 6.01. The van der Waals surface area contributed by atoms with Gasteiger partial charge in [0.1, 0.15) is 5.54 Å². The Labute approximate surface area is 123 Å². The van der Waals surface area contributed by atoms with Crippen molar-refractivity contribution in [2.45, 2.75) is 18.4 Å². The van der Waals surface area contributed by atoms with Crippen LogP contribution in [0.15, 0.2) is 27.1 Å². The van der Waals surface area contributed by atoms with E-state index in [9.17, 15) is 4.79 Å². The first kappa shape index (κ1) is 14.0. The largest absolute Gasteiger partial charge is 0.381 e. The highest BCUT2D eigenvalue weighted by Crippen LogP contribution is 2.28. The minimum Gasteiger partial charge on any atom is -0.381 e. The minimum atomic E-state index is -0.829. The fraction of sp³-hybridized carbons (Fsp3) is 0.417. The Morgan fingerprint density at radius 2 is 2.00 bits per heavy atom. The average molecular weight is 378 g/mol. The third kappa shape index (κ3) is 3.12. The number of hydrogen-bond acceptors (Lipinski definition) is 3. The maximum atomic E-state index is 12.2. The summed E-state index contributed by atoms with van der Waals surface area (Å²) in [6.07, 6.45) is 1.10. The van der Waals surface area contributed by atoms with E-state index in [1.165, 1.54) is 0 Å². The van der Waals surface area contributed by atoms with Crippen molar-refractivity contribution in [2.75, 3.05) is 18.5 Å². The second kappa shape index (κ2) is 5.69. The Balaban J connectivity index is 2.11. The summed E-state index contributed by atoms with van der Waals surface area (Å²) >= 11 is 6.77. The van der Waals surface area contributed by atoms with Crippen LogP contribution in [0.3, 0.4) is 0 Å². The number of nitrogens with two attached hydrogens (primary N) is 1. The first-order valence-corrected chi connectivity index (χ1v) is 7.23. The third-order valence-corrected chi connectivity index (χ3v) is 4.17. The predicted molar refractivity (Wildman–Crippen MR) is 77.4 cm³/mol. The fourth-order valence-corrected chi connectivity index (χ4v) is 2.95. The van der Waals surface area contributed by atoms with E-state index in [1.807, 2.05) is 18.2 Å². The summed E-state index contributed by atoms with van der Waals surface area (Å²) in [6.45, 7) is 1.07. The van der Waals surface area contributed by atoms with E-state index in [0.717, 1.165) is 14.6 Å². The Morgan fingerprint density at radius 1 is 1.33 bits per heavy atom. The van der Waals surface area contributed by atoms with E-state index >= 15 is 0 Å². The molecular formula is C12H14Br2N2O2. The average Bonchev–Trinajstić information content (AvgIpc) is 2.33. The van der Waals surface area contributed by atoms with Crippen LogP contribution < -0.4 is 11.1 Å². The number of benzene rings is 1. The maximum absolute atomic E-state index is 12.2. The number of rotatable bonds is 2. The van der Waals surface area contributed by atoms with Gasteiger partial charge in [-0.15, -0.1) is 0 Å². The van der Waals surface area contributed by atoms with Crippen molar-refractivity contribution in [3.63, 3.8) is 0 Å². The van der Waals surface area contributed by atoms with Crippen LogP contribution >= 0.6 is 31.9 Å². The zero-order valence-corrected chi connectivity index (χ0v) is 12.9. The first-order chi connectivity index (χ1) is 8.51. The molecule has 1 fully saturated rings. The number of halogens is 2. The molecule has 1 aromatic rings. The fourth-order valence-electron chi connectivity index (χ4n) is 1.80. The molecule has 1 aliphatic rings. The minimum absolute atomic E-state index is 0.158. The molecule has 0 saturated carbocycles. The maximum Gasteiger partial charge on any atom is 0.244 e. The number of carbonyl (C=O) groups is 1. The van der Waals surface area contributed by atoms with Gasteiger partial charge in [-0.25, -0.2) is 0 Å². The molecule has 1 amide bonds. The number of ether oxygens (including phenoxy) is 1. The van der Waals surface area contributed by atoms with Crippen LogP contribution in [-0.2, 0) is 9.53 Å². The van der Waals surface area contributed by atoms with Gasteiger partial charge in [-0.05, 0) is 47.0 Å². The summed E-state index contributed by atoms with van der Waals surface area (Å²) < 4.78 is 6.99. The highest BCUT2D eigenvalue weighted by Gasteiger charge is 2.36. The van der Waals surface area contributed by atoms with Crippen LogP contribution in [0, 0.1) is 0 Å². The van der Waals surface area contributed by atoms with Crippen molar-refractivity contribution in [3.05, 3.63) is 27.1 Å². The second-order valence-electron chi connectivity index (χ2n) is 4.35. The quantitative estimate of drug-likeness (QED) is 0.832. The number of anilines is 1. The van der Waals surface area contributed by atoms with Crippen molar-refractivity contribution in [1.29, 1.82) is 0 Å². The molecule has 6 heteroatoms. The molecule has 0 spiro atoms. The molecule has 0 radical (unpaired) electrons. The molecule has 1 aromatic carbocycles. The summed E-state index contributed by atoms with van der Waals surface area (Å²) in [7, 11) is 0. The SMILES string of the molecule is NC1(C(=O)Nc2ccc(Br)cc2Br)CCOCC1. The van der Waals surface area contributed by atoms with E-state index in [0.29, 0.717) is 26.1 Å². The van der Waals surface area contributed by atoms with Crippen LogP contribution in [0.1, 0.15) is 12.8 Å². The van der Waals surface area contributed by atoms with Gasteiger partial charge < -0.3 is 15.8 Å². The van der Waals surface area contributed by atoms with Gasteiger partial charge in [0.15, 0.2) is 0 Å². The number of nitrogens with one attached hydrogen (secondary N) is 1. The number of amides is 1. The topological polar surface area (TPSA) is 64.4 Å². The van der Waals surface area contributed by atoms with Crippen LogP contribution in [0.5, 0.6) is 0 Å². The lowest BCUT2D eigenvalue weighted by atomic mass is 9.90. The van der Waals surface area contributed by atoms with Crippen molar-refractivity contribution < 1.29 is 9.53 Å². The van der Waals surface area contributed by atoms with Gasteiger partial charge in [0.2, 0.25) is 5.91 Å². The Morgan fingerprint density at radius 3 is 2.61 bits per heavy atom. The Kier molecular flexibility index (Phi) is 4.42. The summed E-state index contributed by atoms with van der Waals surface area (Å²) in [6, 6.07) is 5.57. The standard InChI is InChI=1S/C12H14Br2N2O2/c13-8-1-2-10(9(14)7-8)16-11(17)12(15)3-5-18-6-4-12/h1-2,7H,3-6,15H2,(H,16,17). The molecule has 0 atom stereocenters. The first-order valence-electron chi connectivity index (χ1n) is 5.64. The van der Waals surface area contributed by atoms with Crippen molar-refractivity contribution >= 4 is 43.5 Å². The van der Waals surface area contributed by atoms with E-state index in [-0.39, 0.29) is 5.91 Å². The van der Waals surface area contributed by atoms with Crippen molar-refractivity contribution in [2.24, 2.45) is 5.73 Å². The number of hydrogen-bond donors (Lipinski definition) is 2. The van der Waals surface area contributed by atoms with Crippen molar-refractivity contribution in [1.82, 2.24) is 0 Å². The molecule has 0 unspecified atom stereocenters. The van der Waals surface area contributed by atoms with Crippen LogP contribution in [0.4, 0.5) is 5.69 Å². The van der Waals surface area contributed by atoms with Gasteiger partial charge in [-0.1, -0.05) is 15.9 Å². The lowest BCUT2D eigenvalue weighted by Crippen LogP contribution is -2.54. The van der Waals surface area contributed by atoms with E-state index in [2.05, 4.69) is 37.2 Å². The summed E-state index contributed by atoms with van der Waals surface area (Å²) in [4.78, 5) is 12.2. The molecule has 98 valence electrons. The number of carbonyl (C=O) groups excluding carboxylic acids is 1. The monoisotopic (exact) mass is 376 g/mol. The van der Waals surface area contributed by atoms with Gasteiger partial charge >= 0.3 is 0 Å². The van der Waals surface area contributed by atoms with Gasteiger partial charge in [0.05, 0.1) is 5.69 Å². The zero-order valence-electron chi connectivity index (χ0n) is 9.71. The van der Waals surface area contributed by atoms with E-state index in [4.69, 9.17) is 10.5 Å². The lowest BCUT2D eigenvalue weighted by Gasteiger charge is -2.31. The molecule has 2 rings (SSSR count). The molecule has 18 heavy (non-hydrogen) atoms. The summed E-state index contributed by atoms with van der Waals surface area (Å²) in [5, 5.41) is 2.86. The van der Waals surface area contributed by atoms with Gasteiger partial charge in [0.25, 0.3) is 0 Å². The third-order valence-electron chi connectivity index (χ3n) is 3.02. The Hall–Kier alpha value is -0.430. The highest BCUT2D eigenvalue weighted by atomic mass is 79.9. The molecule has 4 nitrogen and oxygen atoms in total. The van der Waals surface area contributed by atoms with Crippen molar-refractivity contribution in [3.8, 4) is 0 Å². The van der Waals surface area contributed by atoms with Crippen LogP contribution in [0.2, 0.25) is 0 Å². The molecule has 1 heterocycles. The second-order valence-corrected chi connectivity index (χ2v) is 6.12. The van der Waals surface area contributed by atoms with Gasteiger partial charge in [-0.3, -0.25) is 4.79 Å². The van der Waals surface area contributed by atoms with Crippen LogP contribution in [0.25, 0.3) is 0 Å².